The number of thiazole rings is 2. The number of aromatic nitrogens is 6. The van der Waals surface area contributed by atoms with E-state index in [1.54, 1.807) is 63.3 Å². The third-order valence-electron chi connectivity index (χ3n) is 15.5. The third kappa shape index (κ3) is 60.5. The van der Waals surface area contributed by atoms with Gasteiger partial charge in [-0.05, 0) is 196 Å². The van der Waals surface area contributed by atoms with E-state index in [-0.39, 0.29) is 0 Å². The standard InChI is InChI=1S/C9H8.C8H6O.C8H6S.C7H9N.C7H8O.C7H8S.C6H8N2.C6H7NO.C6H7NS.C5H5NS2.20C2H6/c1-2-5-9-7-3-6-8(9)4-1;2*1-2-4-8-7(3-1)5-6-9-8;3*1-2-6-4-5-8-7(6)3-1;3*1-2-5-6(3-1)8-4-7-5;1-2-7-5-4(1)6-3-8-5;20*1-2/h1-6H,7H2;2*1-6H;4-5,8H,1-3H2;2*4-5H,1-3H2;4H,1-3H2,(H,7,8);2*4H,1-3H2;3H,1-2H2;20*1-2H3. The first kappa shape index (κ1) is 137. The largest absolute Gasteiger partial charge is 0.469 e. The molecule has 0 spiro atoms. The fraction of sp³-hybridized carbons (Fsp3) is 0.560. The Kier molecular flexibility index (Phi) is 124. The number of hydrogen-bond acceptors (Lipinski definition) is 12. The van der Waals surface area contributed by atoms with Crippen molar-refractivity contribution in [2.24, 2.45) is 0 Å². The van der Waals surface area contributed by atoms with E-state index >= 15 is 0 Å². The number of H-pyrrole nitrogens is 2. The summed E-state index contributed by atoms with van der Waals surface area (Å²) >= 11 is 9.19. The van der Waals surface area contributed by atoms with E-state index in [0.29, 0.717) is 0 Å². The number of aryl methyl sites for hydroxylation is 13. The zero-order valence-corrected chi connectivity index (χ0v) is 91.2. The molecule has 0 fully saturated rings. The zero-order chi connectivity index (χ0) is 96.1. The number of imidazole rings is 1. The van der Waals surface area contributed by atoms with E-state index in [0.717, 1.165) is 42.4 Å². The molecule has 3 aromatic carbocycles. The van der Waals surface area contributed by atoms with Gasteiger partial charge in [0.05, 0.1) is 56.9 Å². The Balaban J connectivity index is -0.000000138. The Bertz CT molecular complexity index is 3170. The van der Waals surface area contributed by atoms with Gasteiger partial charge in [-0.15, -0.1) is 57.1 Å². The second-order valence-electron chi connectivity index (χ2n) is 21.0. The Morgan fingerprint density at radius 2 is 0.805 bits per heavy atom. The molecule has 0 saturated heterocycles. The average molecular weight is 1800 g/mol. The number of rotatable bonds is 0. The number of fused-ring (bicyclic) bond motifs is 10. The number of aromatic amines is 2. The summed E-state index contributed by atoms with van der Waals surface area (Å²) < 4.78 is 18.2. The average Bonchev–Trinajstić information content (AvgIpc) is 1.73. The second kappa shape index (κ2) is 111. The summed E-state index contributed by atoms with van der Waals surface area (Å²) in [5, 5.41) is 6.83. The van der Waals surface area contributed by atoms with Gasteiger partial charge in [0.15, 0.2) is 6.39 Å². The van der Waals surface area contributed by atoms with Crippen molar-refractivity contribution < 1.29 is 13.3 Å². The summed E-state index contributed by atoms with van der Waals surface area (Å²) in [4.78, 5) is 26.1. The van der Waals surface area contributed by atoms with E-state index < -0.39 is 0 Å². The maximum absolute atomic E-state index is 5.18. The van der Waals surface area contributed by atoms with Crippen molar-refractivity contribution >= 4 is 84.2 Å². The summed E-state index contributed by atoms with van der Waals surface area (Å²) in [6, 6.07) is 35.4. The highest BCUT2D eigenvalue weighted by Gasteiger charge is 2.16. The first-order valence-corrected chi connectivity index (χ1v) is 53.9. The van der Waals surface area contributed by atoms with Crippen LogP contribution in [0.4, 0.5) is 0 Å². The molecule has 123 heavy (non-hydrogen) atoms. The van der Waals surface area contributed by atoms with Crippen molar-refractivity contribution in [1.29, 1.82) is 0 Å². The molecule has 7 aliphatic carbocycles. The van der Waals surface area contributed by atoms with Gasteiger partial charge in [0.1, 0.15) is 17.1 Å². The molecule has 14 heteroatoms. The lowest BCUT2D eigenvalue weighted by Crippen LogP contribution is -1.77. The normalized spacial score (nSPS) is 11.0. The first-order chi connectivity index (χ1) is 61.2. The molecule has 9 aromatic heterocycles. The lowest BCUT2D eigenvalue weighted by molar-refractivity contribution is 0.508. The molecule has 0 amide bonds. The summed E-state index contributed by atoms with van der Waals surface area (Å²) in [6.07, 6.45) is 38.1. The smallest absolute Gasteiger partial charge is 0.181 e. The number of allylic oxidation sites excluding steroid dienone is 1. The molecule has 706 valence electrons. The van der Waals surface area contributed by atoms with Crippen LogP contribution in [0.2, 0.25) is 0 Å². The molecule has 0 saturated carbocycles. The van der Waals surface area contributed by atoms with Crippen molar-refractivity contribution in [3.63, 3.8) is 0 Å². The summed E-state index contributed by atoms with van der Waals surface area (Å²) in [5.41, 5.74) is 20.2. The Morgan fingerprint density at radius 3 is 1.39 bits per heavy atom. The third-order valence-corrected chi connectivity index (χ3v) is 20.6. The number of thiophene rings is 2. The van der Waals surface area contributed by atoms with E-state index in [1.165, 1.54) is 196 Å². The molecule has 0 radical (unpaired) electrons. The molecular weight excluding hydrogens is 1600 g/mol. The summed E-state index contributed by atoms with van der Waals surface area (Å²) in [5.74, 6) is 3.56. The lowest BCUT2D eigenvalue weighted by Gasteiger charge is -1.93. The van der Waals surface area contributed by atoms with Crippen molar-refractivity contribution in [3.8, 4) is 0 Å². The summed E-state index contributed by atoms with van der Waals surface area (Å²) in [6.45, 7) is 80.0. The van der Waals surface area contributed by atoms with E-state index in [4.69, 9.17) is 13.3 Å². The number of nitrogens with one attached hydrogen (secondary N) is 2. The van der Waals surface area contributed by atoms with Crippen LogP contribution in [0.15, 0.2) is 180 Å². The van der Waals surface area contributed by atoms with Crippen LogP contribution in [-0.2, 0) is 89.9 Å². The van der Waals surface area contributed by atoms with Crippen LogP contribution in [0.25, 0.3) is 27.1 Å². The van der Waals surface area contributed by atoms with Gasteiger partial charge in [-0.1, -0.05) is 350 Å². The molecule has 0 atom stereocenters. The van der Waals surface area contributed by atoms with E-state index in [2.05, 4.69) is 126 Å². The number of nitrogens with zero attached hydrogens (tertiary/aromatic N) is 4. The van der Waals surface area contributed by atoms with Gasteiger partial charge >= 0.3 is 0 Å². The predicted octanol–water partition coefficient (Wildman–Crippen LogP) is 39.1. The predicted molar refractivity (Wildman–Crippen MR) is 574 cm³/mol. The number of benzene rings is 3. The lowest BCUT2D eigenvalue weighted by atomic mass is 10.1. The van der Waals surface area contributed by atoms with E-state index in [1.807, 2.05) is 348 Å². The Morgan fingerprint density at radius 1 is 0.309 bits per heavy atom. The second-order valence-corrected chi connectivity index (χ2v) is 26.1. The maximum Gasteiger partial charge on any atom is 0.181 e. The van der Waals surface area contributed by atoms with E-state index in [9.17, 15) is 0 Å². The number of oxazole rings is 1. The van der Waals surface area contributed by atoms with Gasteiger partial charge in [-0.2, -0.15) is 0 Å². The van der Waals surface area contributed by atoms with Gasteiger partial charge in [0.25, 0.3) is 0 Å². The fourth-order valence-electron chi connectivity index (χ4n) is 11.1. The van der Waals surface area contributed by atoms with Crippen LogP contribution in [0.3, 0.4) is 0 Å². The van der Waals surface area contributed by atoms with Crippen molar-refractivity contribution in [1.82, 2.24) is 29.9 Å². The molecule has 9 nitrogen and oxygen atoms in total. The number of para-hydroxylation sites is 1. The van der Waals surface area contributed by atoms with Crippen LogP contribution >= 0.6 is 57.1 Å². The van der Waals surface area contributed by atoms with Gasteiger partial charge in [-0.3, -0.25) is 0 Å². The molecule has 0 bridgehead atoms. The molecule has 0 unspecified atom stereocenters. The molecule has 8 aliphatic rings. The molecule has 20 rings (SSSR count). The molecule has 12 aromatic rings. The van der Waals surface area contributed by atoms with Crippen LogP contribution in [0.5, 0.6) is 0 Å². The molecule has 2 N–H and O–H groups in total. The minimum absolute atomic E-state index is 0.956. The Labute approximate surface area is 782 Å². The van der Waals surface area contributed by atoms with Crippen LogP contribution in [-0.4, -0.2) is 35.7 Å². The minimum Gasteiger partial charge on any atom is -0.469 e. The molecular formula is C109H192N6O3S5. The Hall–Kier alpha value is -6.81. The summed E-state index contributed by atoms with van der Waals surface area (Å²) in [7, 11) is 0. The molecule has 10 heterocycles. The minimum atomic E-state index is 0.956. The highest BCUT2D eigenvalue weighted by molar-refractivity contribution is 8.01. The topological polar surface area (TPSA) is 123 Å². The van der Waals surface area contributed by atoms with Crippen molar-refractivity contribution in [2.45, 2.75) is 410 Å². The quantitative estimate of drug-likeness (QED) is 0.154. The number of thioether (sulfide) groups is 1. The zero-order valence-electron chi connectivity index (χ0n) is 87.1. The monoisotopic (exact) mass is 1790 g/mol. The molecule has 1 aliphatic heterocycles. The van der Waals surface area contributed by atoms with Gasteiger partial charge in [0, 0.05) is 62.4 Å². The SMILES string of the molecule is C1=Cc2ccccc2C1.CC.CC.CC.CC.CC.CC.CC.CC.CC.CC.CC.CC.CC.CC.CC.CC.CC.CC.CC.CC.c1cc2c([nH]1)CCC2.c1cc2c(o1)CCC2.c1cc2c(s1)CCC2.c1ccc2occc2c1.c1ccc2sccc2c1.c1nc2c([nH]1)CCC2.c1nc2c(o1)CCC2.c1nc2c(s1)CCC2.c1nc2c(s1)SCC2. The van der Waals surface area contributed by atoms with Crippen molar-refractivity contribution in [3.05, 3.63) is 246 Å². The number of furan rings is 2. The van der Waals surface area contributed by atoms with Gasteiger partial charge in [0.2, 0.25) is 0 Å². The van der Waals surface area contributed by atoms with Crippen LogP contribution in [0, 0.1) is 0 Å². The van der Waals surface area contributed by atoms with Crippen LogP contribution < -0.4 is 0 Å². The maximum atomic E-state index is 5.18. The number of hydrogen-bond donors (Lipinski definition) is 2. The van der Waals surface area contributed by atoms with Crippen LogP contribution in [0.1, 0.15) is 399 Å². The van der Waals surface area contributed by atoms with Crippen molar-refractivity contribution in [2.75, 3.05) is 5.75 Å². The van der Waals surface area contributed by atoms with Gasteiger partial charge < -0.3 is 23.2 Å². The fourth-order valence-corrected chi connectivity index (χ4v) is 15.7. The highest BCUT2D eigenvalue weighted by atomic mass is 32.2. The first-order valence-electron chi connectivity index (χ1n) is 49.4. The van der Waals surface area contributed by atoms with Gasteiger partial charge in [-0.25, -0.2) is 19.9 Å². The highest BCUT2D eigenvalue weighted by Crippen LogP contribution is 2.34.